The lowest BCUT2D eigenvalue weighted by atomic mass is 9.91. The summed E-state index contributed by atoms with van der Waals surface area (Å²) in [5, 5.41) is 0. The first-order chi connectivity index (χ1) is 9.58. The Bertz CT molecular complexity index is 566. The third-order valence-electron chi connectivity index (χ3n) is 3.59. The molecule has 0 radical (unpaired) electrons. The first-order valence-corrected chi connectivity index (χ1v) is 7.57. The second-order valence-electron chi connectivity index (χ2n) is 5.21. The van der Waals surface area contributed by atoms with Gasteiger partial charge in [0.15, 0.2) is 0 Å². The predicted molar refractivity (Wildman–Crippen MR) is 85.2 cm³/mol. The monoisotopic (exact) mass is 335 g/mol. The molecule has 1 nitrogen and oxygen atoms in total. The van der Waals surface area contributed by atoms with Gasteiger partial charge in [0.05, 0.1) is 0 Å². The van der Waals surface area contributed by atoms with Crippen molar-refractivity contribution in [1.29, 1.82) is 0 Å². The van der Waals surface area contributed by atoms with E-state index >= 15 is 0 Å². The summed E-state index contributed by atoms with van der Waals surface area (Å²) in [6.07, 6.45) is 1.73. The van der Waals surface area contributed by atoms with E-state index in [4.69, 9.17) is 5.73 Å². The van der Waals surface area contributed by atoms with Crippen LogP contribution in [0.15, 0.2) is 46.9 Å². The van der Waals surface area contributed by atoms with Crippen molar-refractivity contribution in [2.45, 2.75) is 19.8 Å². The van der Waals surface area contributed by atoms with E-state index in [0.717, 1.165) is 28.4 Å². The summed E-state index contributed by atoms with van der Waals surface area (Å²) in [7, 11) is 0. The zero-order valence-corrected chi connectivity index (χ0v) is 13.2. The highest BCUT2D eigenvalue weighted by Crippen LogP contribution is 2.19. The summed E-state index contributed by atoms with van der Waals surface area (Å²) in [6, 6.07) is 13.2. The lowest BCUT2D eigenvalue weighted by Crippen LogP contribution is -2.19. The van der Waals surface area contributed by atoms with Gasteiger partial charge in [-0.3, -0.25) is 0 Å². The summed E-state index contributed by atoms with van der Waals surface area (Å²) in [4.78, 5) is 0. The number of hydrogen-bond donors (Lipinski definition) is 1. The molecule has 20 heavy (non-hydrogen) atoms. The number of aryl methyl sites for hydroxylation is 1. The minimum atomic E-state index is -0.176. The minimum absolute atomic E-state index is 0.176. The van der Waals surface area contributed by atoms with Crippen LogP contribution in [0.2, 0.25) is 0 Å². The van der Waals surface area contributed by atoms with Crippen molar-refractivity contribution in [1.82, 2.24) is 0 Å². The van der Waals surface area contributed by atoms with Gasteiger partial charge < -0.3 is 5.73 Å². The Labute approximate surface area is 128 Å². The van der Waals surface area contributed by atoms with Crippen LogP contribution < -0.4 is 5.73 Å². The van der Waals surface area contributed by atoms with Crippen LogP contribution >= 0.6 is 15.9 Å². The van der Waals surface area contributed by atoms with Crippen molar-refractivity contribution in [2.24, 2.45) is 11.7 Å². The second-order valence-corrected chi connectivity index (χ2v) is 6.12. The van der Waals surface area contributed by atoms with Crippen LogP contribution in [-0.2, 0) is 12.8 Å². The molecule has 0 heterocycles. The third-order valence-corrected chi connectivity index (χ3v) is 4.12. The molecule has 0 aliphatic carbocycles. The van der Waals surface area contributed by atoms with Crippen LogP contribution in [0.4, 0.5) is 4.39 Å². The van der Waals surface area contributed by atoms with Gasteiger partial charge in [0, 0.05) is 4.47 Å². The summed E-state index contributed by atoms with van der Waals surface area (Å²) >= 11 is 3.43. The predicted octanol–water partition coefficient (Wildman–Crippen LogP) is 4.26. The van der Waals surface area contributed by atoms with E-state index in [1.54, 1.807) is 6.07 Å². The first kappa shape index (κ1) is 15.2. The van der Waals surface area contributed by atoms with Gasteiger partial charge in [-0.2, -0.15) is 0 Å². The van der Waals surface area contributed by atoms with E-state index < -0.39 is 0 Å². The molecule has 3 heteroatoms. The van der Waals surface area contributed by atoms with Crippen LogP contribution in [0.1, 0.15) is 16.7 Å². The van der Waals surface area contributed by atoms with Gasteiger partial charge >= 0.3 is 0 Å². The maximum Gasteiger partial charge on any atom is 0.123 e. The Kier molecular flexibility index (Phi) is 5.32. The Morgan fingerprint density at radius 2 is 1.80 bits per heavy atom. The standard InChI is InChI=1S/C17H19BrFN/c1-12-2-7-17(19)10-15(12)9-14(11-20)8-13-3-5-16(18)6-4-13/h2-7,10,14H,8-9,11,20H2,1H3. The van der Waals surface area contributed by atoms with E-state index in [2.05, 4.69) is 28.1 Å². The van der Waals surface area contributed by atoms with Crippen molar-refractivity contribution in [3.63, 3.8) is 0 Å². The van der Waals surface area contributed by atoms with Crippen LogP contribution in [0.5, 0.6) is 0 Å². The second kappa shape index (κ2) is 7.00. The molecule has 2 N–H and O–H groups in total. The molecule has 2 aromatic rings. The average Bonchev–Trinajstić information content (AvgIpc) is 2.44. The van der Waals surface area contributed by atoms with Crippen molar-refractivity contribution in [3.8, 4) is 0 Å². The lowest BCUT2D eigenvalue weighted by Gasteiger charge is -2.16. The molecular weight excluding hydrogens is 317 g/mol. The molecule has 0 aliphatic rings. The van der Waals surface area contributed by atoms with Gasteiger partial charge in [0.1, 0.15) is 5.82 Å². The number of rotatable bonds is 5. The zero-order chi connectivity index (χ0) is 14.5. The van der Waals surface area contributed by atoms with Crippen LogP contribution in [-0.4, -0.2) is 6.54 Å². The molecular formula is C17H19BrFN. The van der Waals surface area contributed by atoms with Gasteiger partial charge in [-0.25, -0.2) is 4.39 Å². The molecule has 0 spiro atoms. The Morgan fingerprint density at radius 1 is 1.10 bits per heavy atom. The SMILES string of the molecule is Cc1ccc(F)cc1CC(CN)Cc1ccc(Br)cc1. The van der Waals surface area contributed by atoms with E-state index in [-0.39, 0.29) is 5.82 Å². The zero-order valence-electron chi connectivity index (χ0n) is 11.6. The van der Waals surface area contributed by atoms with E-state index in [1.165, 1.54) is 11.6 Å². The van der Waals surface area contributed by atoms with E-state index in [1.807, 2.05) is 25.1 Å². The topological polar surface area (TPSA) is 26.0 Å². The largest absolute Gasteiger partial charge is 0.330 e. The summed E-state index contributed by atoms with van der Waals surface area (Å²) in [5.74, 6) is 0.154. The maximum atomic E-state index is 13.3. The molecule has 2 aromatic carbocycles. The molecule has 0 bridgehead atoms. The molecule has 0 saturated carbocycles. The van der Waals surface area contributed by atoms with Gasteiger partial charge in [-0.1, -0.05) is 34.1 Å². The van der Waals surface area contributed by atoms with Gasteiger partial charge in [0.2, 0.25) is 0 Å². The Balaban J connectivity index is 2.08. The highest BCUT2D eigenvalue weighted by molar-refractivity contribution is 9.10. The molecule has 0 fully saturated rings. The third kappa shape index (κ3) is 4.15. The number of nitrogens with two attached hydrogens (primary N) is 1. The average molecular weight is 336 g/mol. The number of benzene rings is 2. The van der Waals surface area contributed by atoms with Crippen LogP contribution in [0.3, 0.4) is 0 Å². The normalized spacial score (nSPS) is 12.4. The summed E-state index contributed by atoms with van der Waals surface area (Å²) in [6.45, 7) is 2.62. The number of halogens is 2. The fourth-order valence-corrected chi connectivity index (χ4v) is 2.63. The molecule has 1 atom stereocenters. The quantitative estimate of drug-likeness (QED) is 0.868. The number of hydrogen-bond acceptors (Lipinski definition) is 1. The molecule has 1 unspecified atom stereocenters. The van der Waals surface area contributed by atoms with Gasteiger partial charge in [0.25, 0.3) is 0 Å². The van der Waals surface area contributed by atoms with Crippen molar-refractivity contribution in [2.75, 3.05) is 6.54 Å². The fourth-order valence-electron chi connectivity index (χ4n) is 2.36. The van der Waals surface area contributed by atoms with E-state index in [0.29, 0.717) is 12.5 Å². The Hall–Kier alpha value is -1.19. The minimum Gasteiger partial charge on any atom is -0.330 e. The van der Waals surface area contributed by atoms with Crippen molar-refractivity contribution < 1.29 is 4.39 Å². The fraction of sp³-hybridized carbons (Fsp3) is 0.294. The van der Waals surface area contributed by atoms with Crippen molar-refractivity contribution >= 4 is 15.9 Å². The van der Waals surface area contributed by atoms with Crippen LogP contribution in [0.25, 0.3) is 0 Å². The summed E-state index contributed by atoms with van der Waals surface area (Å²) < 4.78 is 14.4. The highest BCUT2D eigenvalue weighted by Gasteiger charge is 2.11. The summed E-state index contributed by atoms with van der Waals surface area (Å²) in [5.41, 5.74) is 9.32. The lowest BCUT2D eigenvalue weighted by molar-refractivity contribution is 0.529. The molecule has 106 valence electrons. The first-order valence-electron chi connectivity index (χ1n) is 6.78. The van der Waals surface area contributed by atoms with Crippen molar-refractivity contribution in [3.05, 3.63) is 69.4 Å². The van der Waals surface area contributed by atoms with Gasteiger partial charge in [-0.05, 0) is 73.2 Å². The molecule has 2 rings (SSSR count). The highest BCUT2D eigenvalue weighted by atomic mass is 79.9. The smallest absolute Gasteiger partial charge is 0.123 e. The molecule has 0 aliphatic heterocycles. The van der Waals surface area contributed by atoms with Gasteiger partial charge in [-0.15, -0.1) is 0 Å². The molecule has 0 aromatic heterocycles. The maximum absolute atomic E-state index is 13.3. The molecule has 0 saturated heterocycles. The Morgan fingerprint density at radius 3 is 2.45 bits per heavy atom. The van der Waals surface area contributed by atoms with E-state index in [9.17, 15) is 4.39 Å². The molecule has 0 amide bonds. The van der Waals surface area contributed by atoms with Crippen LogP contribution in [0, 0.1) is 18.7 Å².